The van der Waals surface area contributed by atoms with Gasteiger partial charge in [-0.25, -0.2) is 4.98 Å². The van der Waals surface area contributed by atoms with E-state index in [1.807, 2.05) is 0 Å². The van der Waals surface area contributed by atoms with E-state index in [-0.39, 0.29) is 16.0 Å². The molecule has 40 heavy (non-hydrogen) atoms. The molecule has 0 aliphatic rings. The van der Waals surface area contributed by atoms with Crippen LogP contribution in [0.25, 0.3) is 10.2 Å². The largest absolute Gasteiger partial charge is 0.393 e. The Morgan fingerprint density at radius 1 is 0.775 bits per heavy atom. The molecular formula is C16H4ClF16N3O3S. The number of halogens is 17. The number of nitro benzene ring substituents is 1. The van der Waals surface area contributed by atoms with Crippen LogP contribution in [-0.4, -0.2) is 62.7 Å². The van der Waals surface area contributed by atoms with Gasteiger partial charge in [-0.3, -0.25) is 20.2 Å². The molecule has 1 aromatic carbocycles. The SMILES string of the molecule is O=C(Nc1nc2ccc([N+](=O)[O-])cc2s1)C(F)(F)C(F)(F)C(F)(F)C(F)(F)C(F)(F)C(F)(F)C(F)(F)C(F)(F)Cl. The monoisotopic (exact) mass is 657 g/mol. The molecule has 0 saturated heterocycles. The van der Waals surface area contributed by atoms with Crippen molar-refractivity contribution in [2.45, 2.75) is 46.8 Å². The van der Waals surface area contributed by atoms with Crippen LogP contribution in [0.3, 0.4) is 0 Å². The van der Waals surface area contributed by atoms with E-state index in [2.05, 4.69) is 16.6 Å². The van der Waals surface area contributed by atoms with E-state index in [0.717, 1.165) is 12.1 Å². The number of nitrogens with zero attached hydrogens (tertiary/aromatic N) is 2. The quantitative estimate of drug-likeness (QED) is 0.125. The number of nitro groups is 1. The number of alkyl halides is 17. The number of fused-ring (bicyclic) bond motifs is 1. The summed E-state index contributed by atoms with van der Waals surface area (Å²) in [5, 5.41) is 3.22. The van der Waals surface area contributed by atoms with Gasteiger partial charge >= 0.3 is 52.7 Å². The maximum Gasteiger partial charge on any atom is 0.393 e. The van der Waals surface area contributed by atoms with Gasteiger partial charge in [-0.05, 0) is 17.7 Å². The lowest BCUT2D eigenvalue weighted by atomic mass is 9.89. The highest BCUT2D eigenvalue weighted by Crippen LogP contribution is 2.64. The number of hydrogen-bond acceptors (Lipinski definition) is 5. The zero-order valence-corrected chi connectivity index (χ0v) is 19.3. The fourth-order valence-corrected chi connectivity index (χ4v) is 3.58. The molecule has 2 rings (SSSR count). The molecule has 0 aliphatic carbocycles. The molecule has 1 N–H and O–H groups in total. The van der Waals surface area contributed by atoms with E-state index in [1.165, 1.54) is 0 Å². The van der Waals surface area contributed by atoms with Crippen LogP contribution in [0.5, 0.6) is 0 Å². The third kappa shape index (κ3) is 4.53. The van der Waals surface area contributed by atoms with E-state index in [0.29, 0.717) is 11.4 Å². The predicted octanol–water partition coefficient (Wildman–Crippen LogP) is 7.42. The Labute approximate surface area is 216 Å². The average molecular weight is 658 g/mol. The van der Waals surface area contributed by atoms with Crippen LogP contribution in [0.15, 0.2) is 18.2 Å². The second-order valence-corrected chi connectivity index (χ2v) is 8.91. The number of carbonyl (C=O) groups excluding carboxylic acids is 1. The summed E-state index contributed by atoms with van der Waals surface area (Å²) in [6.07, 6.45) is 0. The molecule has 0 aliphatic heterocycles. The van der Waals surface area contributed by atoms with Gasteiger partial charge in [-0.15, -0.1) is 0 Å². The summed E-state index contributed by atoms with van der Waals surface area (Å²) in [5.41, 5.74) is -1.07. The Kier molecular flexibility index (Phi) is 7.79. The van der Waals surface area contributed by atoms with Gasteiger partial charge < -0.3 is 0 Å². The maximum atomic E-state index is 14.0. The molecule has 0 saturated carbocycles. The molecule has 1 aromatic heterocycles. The van der Waals surface area contributed by atoms with Crippen LogP contribution < -0.4 is 5.32 Å². The van der Waals surface area contributed by atoms with Crippen molar-refractivity contribution < 1.29 is 80.0 Å². The van der Waals surface area contributed by atoms with E-state index < -0.39 is 74.0 Å². The van der Waals surface area contributed by atoms with Gasteiger partial charge in [-0.1, -0.05) is 11.3 Å². The molecule has 1 amide bonds. The topological polar surface area (TPSA) is 85.1 Å². The number of carbonyl (C=O) groups is 1. The Bertz CT molecular complexity index is 1330. The average Bonchev–Trinajstić information content (AvgIpc) is 3.18. The normalized spacial score (nSPS) is 14.9. The highest BCUT2D eigenvalue weighted by molar-refractivity contribution is 7.22. The summed E-state index contributed by atoms with van der Waals surface area (Å²) >= 11 is 3.39. The third-order valence-electron chi connectivity index (χ3n) is 4.81. The number of anilines is 1. The first-order chi connectivity index (χ1) is 17.5. The standard InChI is InChI=1S/C16H4ClF16N3O3S/c17-16(32,33)15(30,31)14(28,29)13(26,27)12(24,25)11(22,23)10(20,21)9(18,19)7(37)35-8-34-5-2-1-4(36(38)39)3-6(5)40-8/h1-3H,(H,34,35,37). The number of nitrogens with one attached hydrogen (secondary N) is 1. The van der Waals surface area contributed by atoms with Gasteiger partial charge in [0.25, 0.3) is 5.69 Å². The van der Waals surface area contributed by atoms with E-state index in [1.54, 1.807) is 0 Å². The van der Waals surface area contributed by atoms with E-state index >= 15 is 0 Å². The highest BCUT2D eigenvalue weighted by Gasteiger charge is 2.95. The summed E-state index contributed by atoms with van der Waals surface area (Å²) in [6, 6.07) is 2.22. The summed E-state index contributed by atoms with van der Waals surface area (Å²) in [7, 11) is 0. The number of amides is 1. The minimum Gasteiger partial charge on any atom is -0.296 e. The number of aromatic nitrogens is 1. The van der Waals surface area contributed by atoms with Crippen LogP contribution in [0.1, 0.15) is 0 Å². The van der Waals surface area contributed by atoms with Crippen molar-refractivity contribution in [1.82, 2.24) is 4.98 Å². The molecule has 0 spiro atoms. The lowest BCUT2D eigenvalue weighted by Crippen LogP contribution is -2.75. The van der Waals surface area contributed by atoms with Gasteiger partial charge in [0.1, 0.15) is 0 Å². The summed E-state index contributed by atoms with van der Waals surface area (Å²) in [4.78, 5) is 24.6. The molecular weight excluding hydrogens is 654 g/mol. The molecule has 24 heteroatoms. The van der Waals surface area contributed by atoms with Gasteiger partial charge in [0, 0.05) is 12.1 Å². The van der Waals surface area contributed by atoms with Crippen molar-refractivity contribution in [2.75, 3.05) is 5.32 Å². The number of benzene rings is 1. The molecule has 1 heterocycles. The molecule has 0 atom stereocenters. The zero-order valence-electron chi connectivity index (χ0n) is 17.7. The maximum absolute atomic E-state index is 14.0. The first kappa shape index (κ1) is 33.4. The zero-order chi connectivity index (χ0) is 31.7. The summed E-state index contributed by atoms with van der Waals surface area (Å²) in [6.45, 7) is 0. The van der Waals surface area contributed by atoms with Gasteiger partial charge in [0.2, 0.25) is 0 Å². The first-order valence-electron chi connectivity index (χ1n) is 9.10. The first-order valence-corrected chi connectivity index (χ1v) is 10.3. The molecule has 0 unspecified atom stereocenters. The van der Waals surface area contributed by atoms with Crippen molar-refractivity contribution in [2.24, 2.45) is 0 Å². The van der Waals surface area contributed by atoms with Gasteiger partial charge in [-0.2, -0.15) is 70.2 Å². The second kappa shape index (κ2) is 9.34. The molecule has 0 bridgehead atoms. The van der Waals surface area contributed by atoms with Crippen molar-refractivity contribution in [3.63, 3.8) is 0 Å². The number of non-ortho nitro benzene ring substituents is 1. The molecule has 226 valence electrons. The second-order valence-electron chi connectivity index (χ2n) is 7.40. The lowest BCUT2D eigenvalue weighted by molar-refractivity contribution is -0.445. The Hall–Kier alpha value is -2.85. The van der Waals surface area contributed by atoms with Crippen LogP contribution in [0.4, 0.5) is 81.1 Å². The molecule has 2 aromatic rings. The third-order valence-corrected chi connectivity index (χ3v) is 5.98. The van der Waals surface area contributed by atoms with Crippen LogP contribution >= 0.6 is 22.9 Å². The fraction of sp³-hybridized carbons (Fsp3) is 0.500. The minimum absolute atomic E-state index is 0.0378. The van der Waals surface area contributed by atoms with Crippen molar-refractivity contribution in [3.05, 3.63) is 28.3 Å². The Morgan fingerprint density at radius 3 is 1.62 bits per heavy atom. The van der Waals surface area contributed by atoms with Crippen molar-refractivity contribution in [1.29, 1.82) is 0 Å². The predicted molar refractivity (Wildman–Crippen MR) is 100 cm³/mol. The smallest absolute Gasteiger partial charge is 0.296 e. The number of rotatable bonds is 10. The molecule has 0 fully saturated rings. The van der Waals surface area contributed by atoms with E-state index in [9.17, 15) is 85.2 Å². The summed E-state index contributed by atoms with van der Waals surface area (Å²) in [5.74, 6) is -61.3. The molecule has 0 radical (unpaired) electrons. The molecule has 6 nitrogen and oxygen atoms in total. The lowest BCUT2D eigenvalue weighted by Gasteiger charge is -2.42. The highest BCUT2D eigenvalue weighted by atomic mass is 35.5. The van der Waals surface area contributed by atoms with Crippen molar-refractivity contribution in [3.8, 4) is 0 Å². The van der Waals surface area contributed by atoms with Crippen LogP contribution in [0.2, 0.25) is 0 Å². The summed E-state index contributed by atoms with van der Waals surface area (Å²) < 4.78 is 216. The Morgan fingerprint density at radius 2 is 1.20 bits per heavy atom. The van der Waals surface area contributed by atoms with Gasteiger partial charge in [0.05, 0.1) is 15.1 Å². The van der Waals surface area contributed by atoms with Gasteiger partial charge in [0.15, 0.2) is 5.13 Å². The Balaban J connectivity index is 2.52. The number of hydrogen-bond donors (Lipinski definition) is 1. The van der Waals surface area contributed by atoms with Crippen LogP contribution in [-0.2, 0) is 4.79 Å². The van der Waals surface area contributed by atoms with Crippen molar-refractivity contribution >= 4 is 49.9 Å². The van der Waals surface area contributed by atoms with E-state index in [4.69, 9.17) is 0 Å². The fourth-order valence-electron chi connectivity index (χ4n) is 2.56. The van der Waals surface area contributed by atoms with Crippen LogP contribution in [0, 0.1) is 10.1 Å². The number of thiazole rings is 1. The minimum atomic E-state index is -8.71.